The van der Waals surface area contributed by atoms with Crippen molar-refractivity contribution in [3.63, 3.8) is 0 Å². The van der Waals surface area contributed by atoms with Crippen molar-refractivity contribution in [3.05, 3.63) is 29.8 Å². The molecule has 0 saturated heterocycles. The number of nitrogens with zero attached hydrogens (tertiary/aromatic N) is 2. The van der Waals surface area contributed by atoms with Crippen molar-refractivity contribution in [3.8, 4) is 0 Å². The number of urea groups is 1. The van der Waals surface area contributed by atoms with Gasteiger partial charge in [-0.1, -0.05) is 18.2 Å². The van der Waals surface area contributed by atoms with E-state index in [1.807, 2.05) is 24.3 Å². The van der Waals surface area contributed by atoms with E-state index in [2.05, 4.69) is 0 Å². The summed E-state index contributed by atoms with van der Waals surface area (Å²) in [6.45, 7) is 2.63. The lowest BCUT2D eigenvalue weighted by atomic mass is 10.1. The van der Waals surface area contributed by atoms with Gasteiger partial charge in [-0.15, -0.1) is 0 Å². The second kappa shape index (κ2) is 4.14. The van der Waals surface area contributed by atoms with Gasteiger partial charge in [-0.3, -0.25) is 4.90 Å². The van der Waals surface area contributed by atoms with Crippen LogP contribution in [0.4, 0.5) is 10.5 Å². The van der Waals surface area contributed by atoms with E-state index in [1.54, 1.807) is 23.8 Å². The summed E-state index contributed by atoms with van der Waals surface area (Å²) in [5.74, 6) is 0. The van der Waals surface area contributed by atoms with Crippen molar-refractivity contribution in [2.75, 3.05) is 18.5 Å². The molecule has 0 aliphatic carbocycles. The minimum absolute atomic E-state index is 0.0559. The lowest BCUT2D eigenvalue weighted by Gasteiger charge is -2.35. The summed E-state index contributed by atoms with van der Waals surface area (Å²) in [4.78, 5) is 15.3. The van der Waals surface area contributed by atoms with E-state index in [4.69, 9.17) is 0 Å². The smallest absolute Gasteiger partial charge is 0.324 e. The number of amides is 2. The lowest BCUT2D eigenvalue weighted by Crippen LogP contribution is -2.47. The molecule has 0 aromatic heterocycles. The molecule has 0 saturated carbocycles. The van der Waals surface area contributed by atoms with Crippen LogP contribution in [0, 0.1) is 0 Å². The van der Waals surface area contributed by atoms with Gasteiger partial charge < -0.3 is 10.0 Å². The minimum atomic E-state index is -0.498. The van der Waals surface area contributed by atoms with Gasteiger partial charge in [0.1, 0.15) is 0 Å². The summed E-state index contributed by atoms with van der Waals surface area (Å²) >= 11 is 0. The summed E-state index contributed by atoms with van der Waals surface area (Å²) in [5, 5.41) is 9.34. The van der Waals surface area contributed by atoms with Crippen LogP contribution in [0.25, 0.3) is 0 Å². The Morgan fingerprint density at radius 3 is 2.81 bits per heavy atom. The van der Waals surface area contributed by atoms with Crippen molar-refractivity contribution in [2.24, 2.45) is 0 Å². The molecule has 0 bridgehead atoms. The number of anilines is 1. The molecule has 0 spiro atoms. The molecule has 0 radical (unpaired) electrons. The first-order valence-electron chi connectivity index (χ1n) is 5.38. The third-order valence-corrected chi connectivity index (χ3v) is 2.76. The highest BCUT2D eigenvalue weighted by Gasteiger charge is 2.27. The Balaban J connectivity index is 2.28. The van der Waals surface area contributed by atoms with Gasteiger partial charge in [0, 0.05) is 20.1 Å². The molecule has 1 atom stereocenters. The third-order valence-electron chi connectivity index (χ3n) is 2.76. The van der Waals surface area contributed by atoms with Crippen LogP contribution in [0.3, 0.4) is 0 Å². The first-order valence-corrected chi connectivity index (χ1v) is 5.38. The van der Waals surface area contributed by atoms with Gasteiger partial charge in [0.25, 0.3) is 0 Å². The van der Waals surface area contributed by atoms with Crippen LogP contribution in [-0.2, 0) is 6.54 Å². The number of aliphatic hydroxyl groups excluding tert-OH is 1. The zero-order chi connectivity index (χ0) is 11.7. The molecule has 4 nitrogen and oxygen atoms in total. The predicted octanol–water partition coefficient (Wildman–Crippen LogP) is 1.44. The number of fused-ring (bicyclic) bond motifs is 1. The normalized spacial score (nSPS) is 17.3. The minimum Gasteiger partial charge on any atom is -0.392 e. The van der Waals surface area contributed by atoms with E-state index in [9.17, 15) is 9.90 Å². The average Bonchev–Trinajstić information content (AvgIpc) is 2.25. The van der Waals surface area contributed by atoms with E-state index in [1.165, 1.54) is 0 Å². The summed E-state index contributed by atoms with van der Waals surface area (Å²) in [7, 11) is 1.76. The highest BCUT2D eigenvalue weighted by molar-refractivity contribution is 5.94. The van der Waals surface area contributed by atoms with Gasteiger partial charge in [0.2, 0.25) is 0 Å². The van der Waals surface area contributed by atoms with E-state index in [-0.39, 0.29) is 6.03 Å². The Bertz CT molecular complexity index is 404. The van der Waals surface area contributed by atoms with Crippen LogP contribution in [-0.4, -0.2) is 35.7 Å². The Kier molecular flexibility index (Phi) is 2.83. The summed E-state index contributed by atoms with van der Waals surface area (Å²) in [5.41, 5.74) is 2.07. The molecule has 4 heteroatoms. The molecule has 16 heavy (non-hydrogen) atoms. The number of benzene rings is 1. The number of hydrogen-bond acceptors (Lipinski definition) is 2. The topological polar surface area (TPSA) is 43.8 Å². The molecule has 1 heterocycles. The van der Waals surface area contributed by atoms with E-state index in [0.29, 0.717) is 13.1 Å². The van der Waals surface area contributed by atoms with E-state index < -0.39 is 6.10 Å². The lowest BCUT2D eigenvalue weighted by molar-refractivity contribution is 0.131. The first kappa shape index (κ1) is 11.0. The third kappa shape index (κ3) is 1.88. The highest BCUT2D eigenvalue weighted by atomic mass is 16.3. The highest BCUT2D eigenvalue weighted by Crippen LogP contribution is 2.26. The quantitative estimate of drug-likeness (QED) is 0.819. The molecular formula is C12H16N2O2. The number of rotatable bonds is 2. The van der Waals surface area contributed by atoms with Gasteiger partial charge in [-0.25, -0.2) is 4.79 Å². The molecule has 1 aromatic rings. The molecule has 2 amide bonds. The Morgan fingerprint density at radius 1 is 1.44 bits per heavy atom. The van der Waals surface area contributed by atoms with Gasteiger partial charge in [0.05, 0.1) is 11.8 Å². The van der Waals surface area contributed by atoms with Crippen molar-refractivity contribution in [1.29, 1.82) is 0 Å². The number of β-amino-alcohol motifs (C(OH)–C–C–N with tert-alkyl or cyclic N) is 1. The van der Waals surface area contributed by atoms with Crippen molar-refractivity contribution in [1.82, 2.24) is 4.90 Å². The Labute approximate surface area is 95.1 Å². The van der Waals surface area contributed by atoms with Gasteiger partial charge in [-0.05, 0) is 18.6 Å². The molecule has 1 N–H and O–H groups in total. The monoisotopic (exact) mass is 220 g/mol. The zero-order valence-electron chi connectivity index (χ0n) is 9.55. The standard InChI is InChI=1S/C12H16N2O2/c1-9(15)7-14-8-10-5-3-4-6-11(10)13(2)12(14)16/h3-6,9,15H,7-8H2,1-2H3. The largest absolute Gasteiger partial charge is 0.392 e. The van der Waals surface area contributed by atoms with Crippen LogP contribution in [0.5, 0.6) is 0 Å². The number of hydrogen-bond donors (Lipinski definition) is 1. The molecule has 1 aromatic carbocycles. The van der Waals surface area contributed by atoms with Crippen LogP contribution >= 0.6 is 0 Å². The summed E-state index contributed by atoms with van der Waals surface area (Å²) < 4.78 is 0. The predicted molar refractivity (Wildman–Crippen MR) is 62.3 cm³/mol. The fourth-order valence-electron chi connectivity index (χ4n) is 2.02. The Morgan fingerprint density at radius 2 is 2.12 bits per heavy atom. The van der Waals surface area contributed by atoms with Gasteiger partial charge in [-0.2, -0.15) is 0 Å². The second-order valence-electron chi connectivity index (χ2n) is 4.20. The van der Waals surface area contributed by atoms with Crippen molar-refractivity contribution < 1.29 is 9.90 Å². The fourth-order valence-corrected chi connectivity index (χ4v) is 2.02. The van der Waals surface area contributed by atoms with Crippen LogP contribution in [0.15, 0.2) is 24.3 Å². The molecule has 86 valence electrons. The summed E-state index contributed by atoms with van der Waals surface area (Å²) in [6, 6.07) is 7.77. The fraction of sp³-hybridized carbons (Fsp3) is 0.417. The van der Waals surface area contributed by atoms with Crippen molar-refractivity contribution >= 4 is 11.7 Å². The SMILES string of the molecule is CC(O)CN1Cc2ccccc2N(C)C1=O. The zero-order valence-corrected chi connectivity index (χ0v) is 9.55. The molecule has 1 unspecified atom stereocenters. The average molecular weight is 220 g/mol. The number of carbonyl (C=O) groups is 1. The Hall–Kier alpha value is -1.55. The molecule has 2 rings (SSSR count). The molecular weight excluding hydrogens is 204 g/mol. The van der Waals surface area contributed by atoms with Crippen LogP contribution < -0.4 is 4.90 Å². The maximum absolute atomic E-state index is 12.0. The summed E-state index contributed by atoms with van der Waals surface area (Å²) in [6.07, 6.45) is -0.498. The second-order valence-corrected chi connectivity index (χ2v) is 4.20. The van der Waals surface area contributed by atoms with Crippen LogP contribution in [0.1, 0.15) is 12.5 Å². The van der Waals surface area contributed by atoms with Gasteiger partial charge >= 0.3 is 6.03 Å². The maximum atomic E-state index is 12.0. The molecule has 1 aliphatic rings. The van der Waals surface area contributed by atoms with Gasteiger partial charge in [0.15, 0.2) is 0 Å². The first-order chi connectivity index (χ1) is 7.59. The van der Waals surface area contributed by atoms with E-state index in [0.717, 1.165) is 11.3 Å². The van der Waals surface area contributed by atoms with Crippen molar-refractivity contribution in [2.45, 2.75) is 19.6 Å². The van der Waals surface area contributed by atoms with Crippen LogP contribution in [0.2, 0.25) is 0 Å². The maximum Gasteiger partial charge on any atom is 0.324 e. The molecule has 0 fully saturated rings. The number of aliphatic hydroxyl groups is 1. The van der Waals surface area contributed by atoms with E-state index >= 15 is 0 Å². The number of para-hydroxylation sites is 1. The molecule has 1 aliphatic heterocycles. The number of carbonyl (C=O) groups excluding carboxylic acids is 1.